The number of nitrogens with two attached hydrogens (primary N) is 1. The second-order valence-corrected chi connectivity index (χ2v) is 4.87. The Bertz CT molecular complexity index is 544. The molecule has 0 unspecified atom stereocenters. The summed E-state index contributed by atoms with van der Waals surface area (Å²) in [4.78, 5) is 6.66. The molecular weight excluding hydrogens is 253 g/mol. The molecule has 0 spiro atoms. The minimum Gasteiger partial charge on any atom is -0.355 e. The summed E-state index contributed by atoms with van der Waals surface area (Å²) in [5.74, 6) is 0.682. The van der Waals surface area contributed by atoms with Crippen LogP contribution < -0.4 is 10.6 Å². The summed E-state index contributed by atoms with van der Waals surface area (Å²) in [5, 5.41) is 0. The molecule has 106 valence electrons. The van der Waals surface area contributed by atoms with Crippen LogP contribution in [0.4, 0.5) is 10.2 Å². The zero-order valence-corrected chi connectivity index (χ0v) is 11.9. The maximum absolute atomic E-state index is 12.9. The van der Waals surface area contributed by atoms with Gasteiger partial charge in [-0.1, -0.05) is 19.1 Å². The average Bonchev–Trinajstić information content (AvgIpc) is 2.48. The molecule has 0 atom stereocenters. The van der Waals surface area contributed by atoms with Crippen LogP contribution in [0.3, 0.4) is 0 Å². The fourth-order valence-electron chi connectivity index (χ4n) is 2.07. The molecule has 20 heavy (non-hydrogen) atoms. The van der Waals surface area contributed by atoms with E-state index >= 15 is 0 Å². The lowest BCUT2D eigenvalue weighted by Crippen LogP contribution is -2.18. The Morgan fingerprint density at radius 3 is 2.45 bits per heavy atom. The molecule has 2 rings (SSSR count). The third-order valence-electron chi connectivity index (χ3n) is 3.25. The van der Waals surface area contributed by atoms with E-state index < -0.39 is 0 Å². The molecule has 2 aromatic rings. The van der Waals surface area contributed by atoms with E-state index in [1.807, 2.05) is 24.1 Å². The SMILES string of the molecule is CCc1cc(CN)cc(N(C)Cc2ccc(F)cc2)n1. The Kier molecular flexibility index (Phi) is 4.69. The van der Waals surface area contributed by atoms with E-state index in [1.165, 1.54) is 12.1 Å². The molecule has 0 amide bonds. The maximum Gasteiger partial charge on any atom is 0.129 e. The number of hydrogen-bond acceptors (Lipinski definition) is 3. The van der Waals surface area contributed by atoms with Gasteiger partial charge in [0, 0.05) is 25.8 Å². The van der Waals surface area contributed by atoms with Gasteiger partial charge in [-0.2, -0.15) is 0 Å². The summed E-state index contributed by atoms with van der Waals surface area (Å²) >= 11 is 0. The summed E-state index contributed by atoms with van der Waals surface area (Å²) in [6.07, 6.45) is 0.880. The first kappa shape index (κ1) is 14.5. The first-order valence-electron chi connectivity index (χ1n) is 6.78. The molecule has 0 aliphatic carbocycles. The highest BCUT2D eigenvalue weighted by Crippen LogP contribution is 2.17. The van der Waals surface area contributed by atoms with Crippen molar-refractivity contribution in [1.29, 1.82) is 0 Å². The van der Waals surface area contributed by atoms with Crippen molar-refractivity contribution < 1.29 is 4.39 Å². The standard InChI is InChI=1S/C16H20FN3/c1-3-15-8-13(10-18)9-16(19-15)20(2)11-12-4-6-14(17)7-5-12/h4-9H,3,10-11,18H2,1-2H3. The van der Waals surface area contributed by atoms with E-state index in [-0.39, 0.29) is 5.82 Å². The highest BCUT2D eigenvalue weighted by molar-refractivity contribution is 5.43. The molecule has 0 bridgehead atoms. The number of halogens is 1. The van der Waals surface area contributed by atoms with Crippen LogP contribution in [0.1, 0.15) is 23.7 Å². The number of anilines is 1. The molecule has 1 aromatic carbocycles. The van der Waals surface area contributed by atoms with Crippen LogP contribution in [0.2, 0.25) is 0 Å². The number of pyridine rings is 1. The van der Waals surface area contributed by atoms with E-state index in [0.717, 1.165) is 29.1 Å². The van der Waals surface area contributed by atoms with E-state index in [1.54, 1.807) is 12.1 Å². The molecule has 0 fully saturated rings. The number of rotatable bonds is 5. The van der Waals surface area contributed by atoms with Gasteiger partial charge in [-0.15, -0.1) is 0 Å². The van der Waals surface area contributed by atoms with Gasteiger partial charge in [0.05, 0.1) is 0 Å². The molecular formula is C16H20FN3. The van der Waals surface area contributed by atoms with Crippen molar-refractivity contribution in [3.05, 3.63) is 59.0 Å². The van der Waals surface area contributed by atoms with Gasteiger partial charge < -0.3 is 10.6 Å². The maximum atomic E-state index is 12.9. The molecule has 0 aliphatic rings. The van der Waals surface area contributed by atoms with Gasteiger partial charge in [-0.3, -0.25) is 0 Å². The van der Waals surface area contributed by atoms with Crippen LogP contribution >= 0.6 is 0 Å². The predicted octanol–water partition coefficient (Wildman–Crippen LogP) is 2.88. The van der Waals surface area contributed by atoms with Gasteiger partial charge in [0.2, 0.25) is 0 Å². The van der Waals surface area contributed by atoms with Gasteiger partial charge in [-0.05, 0) is 41.8 Å². The summed E-state index contributed by atoms with van der Waals surface area (Å²) in [5.41, 5.74) is 8.89. The third kappa shape index (κ3) is 3.54. The first-order valence-corrected chi connectivity index (χ1v) is 6.78. The predicted molar refractivity (Wildman–Crippen MR) is 80.0 cm³/mol. The molecule has 1 heterocycles. The fourth-order valence-corrected chi connectivity index (χ4v) is 2.07. The van der Waals surface area contributed by atoms with Crippen LogP contribution in [0.15, 0.2) is 36.4 Å². The smallest absolute Gasteiger partial charge is 0.129 e. The Balaban J connectivity index is 2.19. The van der Waals surface area contributed by atoms with Crippen LogP contribution in [-0.4, -0.2) is 12.0 Å². The van der Waals surface area contributed by atoms with Crippen LogP contribution in [-0.2, 0) is 19.5 Å². The number of aryl methyl sites for hydroxylation is 1. The summed E-state index contributed by atoms with van der Waals surface area (Å²) < 4.78 is 12.9. The summed E-state index contributed by atoms with van der Waals surface area (Å²) in [6, 6.07) is 10.6. The number of aromatic nitrogens is 1. The van der Waals surface area contributed by atoms with Crippen molar-refractivity contribution in [2.45, 2.75) is 26.4 Å². The summed E-state index contributed by atoms with van der Waals surface area (Å²) in [7, 11) is 1.98. The zero-order valence-electron chi connectivity index (χ0n) is 11.9. The Morgan fingerprint density at radius 1 is 1.15 bits per heavy atom. The normalized spacial score (nSPS) is 10.6. The minimum atomic E-state index is -0.215. The number of hydrogen-bond donors (Lipinski definition) is 1. The topological polar surface area (TPSA) is 42.1 Å². The lowest BCUT2D eigenvalue weighted by molar-refractivity contribution is 0.627. The zero-order chi connectivity index (χ0) is 14.5. The van der Waals surface area contributed by atoms with Crippen LogP contribution in [0.25, 0.3) is 0 Å². The monoisotopic (exact) mass is 273 g/mol. The molecule has 0 radical (unpaired) electrons. The Morgan fingerprint density at radius 2 is 1.85 bits per heavy atom. The van der Waals surface area contributed by atoms with Crippen molar-refractivity contribution in [3.63, 3.8) is 0 Å². The Hall–Kier alpha value is -1.94. The van der Waals surface area contributed by atoms with Crippen molar-refractivity contribution in [2.75, 3.05) is 11.9 Å². The molecule has 1 aromatic heterocycles. The highest BCUT2D eigenvalue weighted by Gasteiger charge is 2.07. The molecule has 2 N–H and O–H groups in total. The van der Waals surface area contributed by atoms with Crippen molar-refractivity contribution in [1.82, 2.24) is 4.98 Å². The van der Waals surface area contributed by atoms with Gasteiger partial charge >= 0.3 is 0 Å². The van der Waals surface area contributed by atoms with Gasteiger partial charge in [0.25, 0.3) is 0 Å². The molecule has 0 aliphatic heterocycles. The highest BCUT2D eigenvalue weighted by atomic mass is 19.1. The van der Waals surface area contributed by atoms with Crippen molar-refractivity contribution >= 4 is 5.82 Å². The van der Waals surface area contributed by atoms with Crippen molar-refractivity contribution in [3.8, 4) is 0 Å². The Labute approximate surface area is 119 Å². The quantitative estimate of drug-likeness (QED) is 0.911. The van der Waals surface area contributed by atoms with E-state index in [2.05, 4.69) is 11.9 Å². The molecule has 0 saturated carbocycles. The van der Waals surface area contributed by atoms with Crippen LogP contribution in [0, 0.1) is 5.82 Å². The van der Waals surface area contributed by atoms with E-state index in [9.17, 15) is 4.39 Å². The minimum absolute atomic E-state index is 0.215. The largest absolute Gasteiger partial charge is 0.355 e. The average molecular weight is 273 g/mol. The van der Waals surface area contributed by atoms with Gasteiger partial charge in [0.15, 0.2) is 0 Å². The lowest BCUT2D eigenvalue weighted by atomic mass is 10.1. The van der Waals surface area contributed by atoms with Crippen molar-refractivity contribution in [2.24, 2.45) is 5.73 Å². The van der Waals surface area contributed by atoms with E-state index in [4.69, 9.17) is 5.73 Å². The van der Waals surface area contributed by atoms with Gasteiger partial charge in [-0.25, -0.2) is 9.37 Å². The second-order valence-electron chi connectivity index (χ2n) is 4.87. The first-order chi connectivity index (χ1) is 9.62. The summed E-state index contributed by atoms with van der Waals surface area (Å²) in [6.45, 7) is 3.27. The molecule has 0 saturated heterocycles. The number of benzene rings is 1. The van der Waals surface area contributed by atoms with E-state index in [0.29, 0.717) is 13.1 Å². The van der Waals surface area contributed by atoms with Gasteiger partial charge in [0.1, 0.15) is 11.6 Å². The third-order valence-corrected chi connectivity index (χ3v) is 3.25. The molecule has 4 heteroatoms. The molecule has 3 nitrogen and oxygen atoms in total. The lowest BCUT2D eigenvalue weighted by Gasteiger charge is -2.20. The number of nitrogens with zero attached hydrogens (tertiary/aromatic N) is 2. The fraction of sp³-hybridized carbons (Fsp3) is 0.312. The van der Waals surface area contributed by atoms with Crippen LogP contribution in [0.5, 0.6) is 0 Å². The second kappa shape index (κ2) is 6.48.